The zero-order valence-electron chi connectivity index (χ0n) is 11.6. The van der Waals surface area contributed by atoms with E-state index >= 15 is 0 Å². The number of hydrogen-bond acceptors (Lipinski definition) is 4. The smallest absolute Gasteiger partial charge is 0.260 e. The van der Waals surface area contributed by atoms with Crippen molar-refractivity contribution in [3.63, 3.8) is 0 Å². The number of aliphatic hydroxyl groups is 1. The van der Waals surface area contributed by atoms with Crippen molar-refractivity contribution in [1.82, 2.24) is 4.90 Å². The summed E-state index contributed by atoms with van der Waals surface area (Å²) in [6, 6.07) is 4.58. The summed E-state index contributed by atoms with van der Waals surface area (Å²) >= 11 is 11.8. The van der Waals surface area contributed by atoms with Crippen LogP contribution in [0.25, 0.3) is 0 Å². The third-order valence-electron chi connectivity index (χ3n) is 3.49. The van der Waals surface area contributed by atoms with Gasteiger partial charge in [-0.25, -0.2) is 0 Å². The summed E-state index contributed by atoms with van der Waals surface area (Å²) in [7, 11) is 1.59. The molecule has 1 aromatic rings. The molecule has 0 aromatic heterocycles. The Morgan fingerprint density at radius 3 is 2.86 bits per heavy atom. The van der Waals surface area contributed by atoms with Gasteiger partial charge in [-0.15, -0.1) is 0 Å². The summed E-state index contributed by atoms with van der Waals surface area (Å²) in [5.74, 6) is 0.192. The molecule has 2 atom stereocenters. The number of likely N-dealkylation sites (tertiary alicyclic amines) is 1. The van der Waals surface area contributed by atoms with Gasteiger partial charge in [0, 0.05) is 18.7 Å². The van der Waals surface area contributed by atoms with Gasteiger partial charge >= 0.3 is 0 Å². The molecule has 116 valence electrons. The van der Waals surface area contributed by atoms with Crippen LogP contribution in [-0.4, -0.2) is 54.9 Å². The molecule has 1 amide bonds. The second-order valence-electron chi connectivity index (χ2n) is 4.84. The quantitative estimate of drug-likeness (QED) is 0.895. The number of aliphatic hydroxyl groups excluding tert-OH is 1. The van der Waals surface area contributed by atoms with Crippen LogP contribution in [-0.2, 0) is 9.53 Å². The molecule has 0 aliphatic carbocycles. The number of benzene rings is 1. The van der Waals surface area contributed by atoms with Crippen LogP contribution < -0.4 is 4.74 Å². The number of halogens is 2. The van der Waals surface area contributed by atoms with Crippen molar-refractivity contribution < 1.29 is 19.4 Å². The van der Waals surface area contributed by atoms with Crippen molar-refractivity contribution in [3.8, 4) is 5.75 Å². The van der Waals surface area contributed by atoms with Gasteiger partial charge in [-0.3, -0.25) is 4.79 Å². The van der Waals surface area contributed by atoms with Gasteiger partial charge in [0.25, 0.3) is 5.91 Å². The lowest BCUT2D eigenvalue weighted by Gasteiger charge is -2.22. The Morgan fingerprint density at radius 1 is 1.48 bits per heavy atom. The van der Waals surface area contributed by atoms with E-state index in [1.54, 1.807) is 30.2 Å². The van der Waals surface area contributed by atoms with Gasteiger partial charge in [-0.1, -0.05) is 23.2 Å². The van der Waals surface area contributed by atoms with Crippen molar-refractivity contribution in [3.05, 3.63) is 28.2 Å². The fraction of sp³-hybridized carbons (Fsp3) is 0.500. The van der Waals surface area contributed by atoms with Crippen LogP contribution in [0.3, 0.4) is 0 Å². The highest BCUT2D eigenvalue weighted by Gasteiger charge is 2.34. The molecule has 0 bridgehead atoms. The van der Waals surface area contributed by atoms with Crippen molar-refractivity contribution in [2.24, 2.45) is 0 Å². The van der Waals surface area contributed by atoms with E-state index in [0.717, 1.165) is 0 Å². The van der Waals surface area contributed by atoms with E-state index in [4.69, 9.17) is 32.7 Å². The minimum Gasteiger partial charge on any atom is -0.482 e. The highest BCUT2D eigenvalue weighted by molar-refractivity contribution is 6.35. The van der Waals surface area contributed by atoms with Crippen molar-refractivity contribution >= 4 is 29.1 Å². The normalized spacial score (nSPS) is 21.6. The fourth-order valence-corrected chi connectivity index (χ4v) is 2.80. The Hall–Kier alpha value is -1.01. The van der Waals surface area contributed by atoms with Gasteiger partial charge in [0.15, 0.2) is 6.61 Å². The number of carbonyl (C=O) groups excluding carboxylic acids is 1. The number of methoxy groups -OCH3 is 1. The van der Waals surface area contributed by atoms with E-state index in [2.05, 4.69) is 0 Å². The number of amides is 1. The fourth-order valence-electron chi connectivity index (χ4n) is 2.34. The van der Waals surface area contributed by atoms with Gasteiger partial charge in [0.2, 0.25) is 0 Å². The van der Waals surface area contributed by atoms with Crippen LogP contribution in [0.15, 0.2) is 18.2 Å². The minimum atomic E-state index is -0.230. The van der Waals surface area contributed by atoms with Crippen LogP contribution in [0.5, 0.6) is 5.75 Å². The van der Waals surface area contributed by atoms with Gasteiger partial charge in [0.05, 0.1) is 23.8 Å². The Morgan fingerprint density at radius 2 is 2.24 bits per heavy atom. The monoisotopic (exact) mass is 333 g/mol. The lowest BCUT2D eigenvalue weighted by Crippen LogP contribution is -2.40. The molecule has 1 heterocycles. The molecule has 1 N–H and O–H groups in total. The van der Waals surface area contributed by atoms with Crippen LogP contribution in [0.2, 0.25) is 10.0 Å². The number of nitrogens with zero attached hydrogens (tertiary/aromatic N) is 1. The summed E-state index contributed by atoms with van der Waals surface area (Å²) < 4.78 is 10.7. The summed E-state index contributed by atoms with van der Waals surface area (Å²) in [5, 5.41) is 10.2. The largest absolute Gasteiger partial charge is 0.482 e. The molecule has 1 saturated heterocycles. The average molecular weight is 334 g/mol. The first-order valence-electron chi connectivity index (χ1n) is 6.56. The Balaban J connectivity index is 1.95. The molecule has 2 rings (SSSR count). The lowest BCUT2D eigenvalue weighted by molar-refractivity contribution is -0.135. The van der Waals surface area contributed by atoms with E-state index in [1.165, 1.54) is 0 Å². The molecular formula is C14H17Cl2NO4. The van der Waals surface area contributed by atoms with Crippen LogP contribution in [0.4, 0.5) is 0 Å². The van der Waals surface area contributed by atoms with Crippen molar-refractivity contribution in [2.75, 3.05) is 26.9 Å². The first-order valence-corrected chi connectivity index (χ1v) is 7.31. The molecule has 7 heteroatoms. The van der Waals surface area contributed by atoms with E-state index < -0.39 is 0 Å². The van der Waals surface area contributed by atoms with Gasteiger partial charge < -0.3 is 19.5 Å². The van der Waals surface area contributed by atoms with E-state index in [9.17, 15) is 9.90 Å². The van der Waals surface area contributed by atoms with Gasteiger partial charge in [-0.05, 0) is 24.6 Å². The molecule has 1 aliphatic heterocycles. The topological polar surface area (TPSA) is 59.0 Å². The molecule has 1 aromatic carbocycles. The Bertz CT molecular complexity index is 512. The number of rotatable bonds is 5. The van der Waals surface area contributed by atoms with Crippen LogP contribution >= 0.6 is 23.2 Å². The standard InChI is InChI=1S/C14H17Cl2NO4/c1-20-11-5-10(7-18)17(6-11)14(19)8-21-13-3-2-9(15)4-12(13)16/h2-4,10-11,18H,5-8H2,1H3/t10-,11-/m0/s1. The Labute approximate surface area is 133 Å². The van der Waals surface area contributed by atoms with Crippen LogP contribution in [0, 0.1) is 0 Å². The summed E-state index contributed by atoms with van der Waals surface area (Å²) in [6.45, 7) is 0.222. The van der Waals surface area contributed by atoms with E-state index in [-0.39, 0.29) is 31.3 Å². The SMILES string of the molecule is CO[C@H]1C[C@@H](CO)N(C(=O)COc2ccc(Cl)cc2Cl)C1. The molecule has 0 saturated carbocycles. The summed E-state index contributed by atoms with van der Waals surface area (Å²) in [4.78, 5) is 13.8. The number of hydrogen-bond donors (Lipinski definition) is 1. The maximum atomic E-state index is 12.2. The van der Waals surface area contributed by atoms with Crippen LogP contribution in [0.1, 0.15) is 6.42 Å². The van der Waals surface area contributed by atoms with E-state index in [0.29, 0.717) is 28.8 Å². The third kappa shape index (κ3) is 4.01. The molecule has 0 spiro atoms. The highest BCUT2D eigenvalue weighted by atomic mass is 35.5. The van der Waals surface area contributed by atoms with Crippen molar-refractivity contribution in [2.45, 2.75) is 18.6 Å². The molecule has 5 nitrogen and oxygen atoms in total. The molecule has 1 fully saturated rings. The predicted octanol–water partition coefficient (Wildman–Crippen LogP) is 1.98. The minimum absolute atomic E-state index is 0.0507. The highest BCUT2D eigenvalue weighted by Crippen LogP contribution is 2.28. The maximum absolute atomic E-state index is 12.2. The molecule has 0 unspecified atom stereocenters. The number of ether oxygens (including phenoxy) is 2. The summed E-state index contributed by atoms with van der Waals surface area (Å²) in [5.41, 5.74) is 0. The first-order chi connectivity index (χ1) is 10.0. The van der Waals surface area contributed by atoms with Gasteiger partial charge in [0.1, 0.15) is 5.75 Å². The second-order valence-corrected chi connectivity index (χ2v) is 5.68. The summed E-state index contributed by atoms with van der Waals surface area (Å²) in [6.07, 6.45) is 0.575. The van der Waals surface area contributed by atoms with E-state index in [1.807, 2.05) is 0 Å². The third-order valence-corrected chi connectivity index (χ3v) is 4.02. The average Bonchev–Trinajstić information content (AvgIpc) is 2.89. The Kier molecular flexibility index (Phi) is 5.70. The molecular weight excluding hydrogens is 317 g/mol. The molecule has 21 heavy (non-hydrogen) atoms. The predicted molar refractivity (Wildman–Crippen MR) is 80.0 cm³/mol. The number of carbonyl (C=O) groups is 1. The second kappa shape index (κ2) is 7.31. The molecule has 0 radical (unpaired) electrons. The zero-order valence-corrected chi connectivity index (χ0v) is 13.1. The maximum Gasteiger partial charge on any atom is 0.260 e. The zero-order chi connectivity index (χ0) is 15.4. The van der Waals surface area contributed by atoms with Crippen molar-refractivity contribution in [1.29, 1.82) is 0 Å². The molecule has 1 aliphatic rings. The van der Waals surface area contributed by atoms with Gasteiger partial charge in [-0.2, -0.15) is 0 Å². The first kappa shape index (κ1) is 16.4. The lowest BCUT2D eigenvalue weighted by atomic mass is 10.2.